The Hall–Kier alpha value is 0.440. The first-order valence-electron chi connectivity index (χ1n) is 2.44. The van der Waals surface area contributed by atoms with Gasteiger partial charge in [0.25, 0.3) is 0 Å². The van der Waals surface area contributed by atoms with E-state index in [4.69, 9.17) is 12.2 Å². The summed E-state index contributed by atoms with van der Waals surface area (Å²) in [6, 6.07) is 0. The van der Waals surface area contributed by atoms with Crippen LogP contribution in [-0.4, -0.2) is 4.20 Å². The van der Waals surface area contributed by atoms with Gasteiger partial charge in [0.2, 0.25) is 0 Å². The number of thiol groups is 1. The quantitative estimate of drug-likeness (QED) is 0.420. The normalized spacial score (nSPS) is 38.0. The highest BCUT2D eigenvalue weighted by molar-refractivity contribution is 8.11. The van der Waals surface area contributed by atoms with E-state index in [0.717, 1.165) is 10.1 Å². The number of hydrogen-bond donors (Lipinski definition) is 1. The molecule has 1 aliphatic carbocycles. The zero-order chi connectivity index (χ0) is 5.44. The van der Waals surface area contributed by atoms with Gasteiger partial charge in [-0.3, -0.25) is 0 Å². The van der Waals surface area contributed by atoms with E-state index in [0.29, 0.717) is 5.92 Å². The van der Waals surface area contributed by atoms with Crippen molar-refractivity contribution in [1.82, 2.24) is 0 Å². The van der Waals surface area contributed by atoms with E-state index in [1.54, 1.807) is 0 Å². The van der Waals surface area contributed by atoms with E-state index in [9.17, 15) is 0 Å². The average Bonchev–Trinajstić information content (AvgIpc) is 2.17. The standard InChI is InChI=1S/C5H8S2/c1-3-2-4(3)5(6)7/h3-4H,2H2,1H3,(H,6,7). The fraction of sp³-hybridized carbons (Fsp3) is 0.800. The summed E-state index contributed by atoms with van der Waals surface area (Å²) in [6.07, 6.45) is 1.27. The lowest BCUT2D eigenvalue weighted by molar-refractivity contribution is 0.938. The molecule has 1 saturated carbocycles. The third-order valence-corrected chi connectivity index (χ3v) is 2.06. The van der Waals surface area contributed by atoms with Gasteiger partial charge in [0.1, 0.15) is 0 Å². The molecule has 2 unspecified atom stereocenters. The van der Waals surface area contributed by atoms with Crippen molar-refractivity contribution in [2.45, 2.75) is 13.3 Å². The maximum Gasteiger partial charge on any atom is 0.0481 e. The second-order valence-electron chi connectivity index (χ2n) is 2.16. The second-order valence-corrected chi connectivity index (χ2v) is 3.38. The van der Waals surface area contributed by atoms with Gasteiger partial charge in [-0.25, -0.2) is 0 Å². The van der Waals surface area contributed by atoms with Crippen molar-refractivity contribution in [2.75, 3.05) is 0 Å². The Morgan fingerprint density at radius 3 is 2.29 bits per heavy atom. The van der Waals surface area contributed by atoms with Crippen LogP contribution in [0.4, 0.5) is 0 Å². The molecular formula is C5H8S2. The largest absolute Gasteiger partial charge is 0.136 e. The lowest BCUT2D eigenvalue weighted by Gasteiger charge is -1.83. The van der Waals surface area contributed by atoms with Gasteiger partial charge in [-0.2, -0.15) is 0 Å². The van der Waals surface area contributed by atoms with Crippen LogP contribution in [0, 0.1) is 11.8 Å². The van der Waals surface area contributed by atoms with Crippen LogP contribution in [0.25, 0.3) is 0 Å². The molecule has 0 heterocycles. The van der Waals surface area contributed by atoms with Crippen molar-refractivity contribution in [3.05, 3.63) is 0 Å². The molecule has 0 nitrogen and oxygen atoms in total. The first-order valence-corrected chi connectivity index (χ1v) is 3.30. The third kappa shape index (κ3) is 1.16. The van der Waals surface area contributed by atoms with Gasteiger partial charge in [0, 0.05) is 10.1 Å². The number of rotatable bonds is 1. The van der Waals surface area contributed by atoms with Crippen molar-refractivity contribution in [1.29, 1.82) is 0 Å². The summed E-state index contributed by atoms with van der Waals surface area (Å²) in [5.41, 5.74) is 0. The minimum atomic E-state index is 0.665. The Morgan fingerprint density at radius 1 is 1.86 bits per heavy atom. The van der Waals surface area contributed by atoms with Crippen LogP contribution in [0.2, 0.25) is 0 Å². The maximum atomic E-state index is 4.82. The minimum absolute atomic E-state index is 0.665. The fourth-order valence-electron chi connectivity index (χ4n) is 0.666. The van der Waals surface area contributed by atoms with Crippen LogP contribution in [0.3, 0.4) is 0 Å². The van der Waals surface area contributed by atoms with Gasteiger partial charge in [-0.1, -0.05) is 19.1 Å². The lowest BCUT2D eigenvalue weighted by atomic mass is 10.4. The highest BCUT2D eigenvalue weighted by atomic mass is 32.1. The molecule has 1 fully saturated rings. The van der Waals surface area contributed by atoms with Crippen molar-refractivity contribution in [3.63, 3.8) is 0 Å². The predicted molar refractivity (Wildman–Crippen MR) is 38.9 cm³/mol. The number of thiocarbonyl (C=S) groups is 1. The van der Waals surface area contributed by atoms with Crippen molar-refractivity contribution >= 4 is 29.0 Å². The van der Waals surface area contributed by atoms with E-state index >= 15 is 0 Å². The summed E-state index contributed by atoms with van der Waals surface area (Å²) in [4.78, 5) is 0. The topological polar surface area (TPSA) is 0 Å². The zero-order valence-electron chi connectivity index (χ0n) is 4.22. The van der Waals surface area contributed by atoms with Crippen LogP contribution in [0.15, 0.2) is 0 Å². The van der Waals surface area contributed by atoms with Crippen molar-refractivity contribution in [3.8, 4) is 0 Å². The Morgan fingerprint density at radius 2 is 2.29 bits per heavy atom. The third-order valence-electron chi connectivity index (χ3n) is 1.43. The molecule has 2 atom stereocenters. The molecule has 0 bridgehead atoms. The summed E-state index contributed by atoms with van der Waals surface area (Å²) >= 11 is 8.87. The molecule has 0 radical (unpaired) electrons. The van der Waals surface area contributed by atoms with Crippen LogP contribution in [0.1, 0.15) is 13.3 Å². The first-order chi connectivity index (χ1) is 3.22. The molecule has 0 saturated heterocycles. The van der Waals surface area contributed by atoms with E-state index in [-0.39, 0.29) is 0 Å². The average molecular weight is 132 g/mol. The molecule has 40 valence electrons. The molecule has 0 amide bonds. The van der Waals surface area contributed by atoms with Gasteiger partial charge in [0.15, 0.2) is 0 Å². The highest BCUT2D eigenvalue weighted by Crippen LogP contribution is 2.39. The molecule has 7 heavy (non-hydrogen) atoms. The predicted octanol–water partition coefficient (Wildman–Crippen LogP) is 1.90. The smallest absolute Gasteiger partial charge is 0.0481 e. The highest BCUT2D eigenvalue weighted by Gasteiger charge is 2.34. The van der Waals surface area contributed by atoms with E-state index in [1.165, 1.54) is 6.42 Å². The van der Waals surface area contributed by atoms with E-state index < -0.39 is 0 Å². The molecule has 0 N–H and O–H groups in total. The first kappa shape index (κ1) is 5.57. The van der Waals surface area contributed by atoms with Crippen molar-refractivity contribution in [2.24, 2.45) is 11.8 Å². The van der Waals surface area contributed by atoms with Crippen LogP contribution < -0.4 is 0 Å². The van der Waals surface area contributed by atoms with Gasteiger partial charge in [0.05, 0.1) is 0 Å². The minimum Gasteiger partial charge on any atom is -0.136 e. The molecule has 0 spiro atoms. The summed E-state index contributed by atoms with van der Waals surface area (Å²) in [7, 11) is 0. The van der Waals surface area contributed by atoms with Gasteiger partial charge in [-0.05, 0) is 12.3 Å². The molecule has 2 heteroatoms. The molecule has 0 aromatic rings. The maximum absolute atomic E-state index is 4.82. The Bertz CT molecular complexity index is 98.3. The SMILES string of the molecule is CC1CC1C(=S)S. The molecule has 0 aromatic heterocycles. The summed E-state index contributed by atoms with van der Waals surface area (Å²) in [6.45, 7) is 2.20. The monoisotopic (exact) mass is 132 g/mol. The molecule has 1 rings (SSSR count). The second kappa shape index (κ2) is 1.75. The van der Waals surface area contributed by atoms with Crippen molar-refractivity contribution < 1.29 is 0 Å². The molecule has 0 aromatic carbocycles. The van der Waals surface area contributed by atoms with Gasteiger partial charge >= 0.3 is 0 Å². The summed E-state index contributed by atoms with van der Waals surface area (Å²) in [5, 5.41) is 0. The van der Waals surface area contributed by atoms with E-state index in [1.807, 2.05) is 0 Å². The van der Waals surface area contributed by atoms with Gasteiger partial charge in [-0.15, -0.1) is 12.6 Å². The fourth-order valence-corrected chi connectivity index (χ4v) is 1.35. The molecular weight excluding hydrogens is 124 g/mol. The Labute approximate surface area is 54.7 Å². The van der Waals surface area contributed by atoms with E-state index in [2.05, 4.69) is 19.6 Å². The summed E-state index contributed by atoms with van der Waals surface area (Å²) < 4.78 is 0.896. The Kier molecular flexibility index (Phi) is 1.39. The van der Waals surface area contributed by atoms with Crippen LogP contribution in [0.5, 0.6) is 0 Å². The molecule has 0 aliphatic heterocycles. The van der Waals surface area contributed by atoms with Crippen LogP contribution >= 0.6 is 24.8 Å². The van der Waals surface area contributed by atoms with Crippen LogP contribution in [-0.2, 0) is 0 Å². The van der Waals surface area contributed by atoms with Gasteiger partial charge < -0.3 is 0 Å². The lowest BCUT2D eigenvalue weighted by Crippen LogP contribution is -1.84. The Balaban J connectivity index is 2.33. The summed E-state index contributed by atoms with van der Waals surface area (Å²) in [5.74, 6) is 1.49. The number of hydrogen-bond acceptors (Lipinski definition) is 1. The molecule has 1 aliphatic rings. The zero-order valence-corrected chi connectivity index (χ0v) is 5.93.